The summed E-state index contributed by atoms with van der Waals surface area (Å²) in [5, 5.41) is 2.85. The van der Waals surface area contributed by atoms with E-state index in [-0.39, 0.29) is 5.91 Å². The molecule has 7 heteroatoms. The zero-order valence-corrected chi connectivity index (χ0v) is 14.3. The smallest absolute Gasteiger partial charge is 0.287 e. The summed E-state index contributed by atoms with van der Waals surface area (Å²) < 4.78 is 7.77. The molecule has 0 saturated carbocycles. The van der Waals surface area contributed by atoms with Crippen molar-refractivity contribution in [1.29, 1.82) is 0 Å². The Kier molecular flexibility index (Phi) is 4.29. The third-order valence-corrected chi connectivity index (χ3v) is 3.82. The second-order valence-electron chi connectivity index (χ2n) is 5.11. The minimum atomic E-state index is -0.245. The van der Waals surface area contributed by atoms with Gasteiger partial charge in [-0.15, -0.1) is 0 Å². The number of furan rings is 1. The number of hydrogen-bond acceptors (Lipinski definition) is 4. The van der Waals surface area contributed by atoms with Gasteiger partial charge in [0.1, 0.15) is 11.6 Å². The number of carbonyl (C=O) groups excluding carboxylic acids is 1. The van der Waals surface area contributed by atoms with Gasteiger partial charge in [0.15, 0.2) is 10.4 Å². The van der Waals surface area contributed by atoms with E-state index in [1.54, 1.807) is 18.5 Å². The first kappa shape index (κ1) is 15.5. The van der Waals surface area contributed by atoms with E-state index in [2.05, 4.69) is 31.2 Å². The summed E-state index contributed by atoms with van der Waals surface area (Å²) in [6.07, 6.45) is 5.29. The first-order chi connectivity index (χ1) is 11.0. The normalized spacial score (nSPS) is 10.7. The SMILES string of the molecule is Cc1cc(Br)oc1C(=O)NCc1ccnc(-n2ccnc2C)c1. The Bertz CT molecular complexity index is 853. The molecule has 0 spiro atoms. The molecule has 3 aromatic heterocycles. The van der Waals surface area contributed by atoms with E-state index in [9.17, 15) is 4.79 Å². The zero-order valence-electron chi connectivity index (χ0n) is 12.7. The van der Waals surface area contributed by atoms with Crippen LogP contribution in [0.2, 0.25) is 0 Å². The number of rotatable bonds is 4. The number of imidazole rings is 1. The first-order valence-corrected chi connectivity index (χ1v) is 7.83. The molecule has 0 aliphatic rings. The predicted octanol–water partition coefficient (Wildman–Crippen LogP) is 3.17. The van der Waals surface area contributed by atoms with Gasteiger partial charge >= 0.3 is 0 Å². The number of nitrogens with zero attached hydrogens (tertiary/aromatic N) is 3. The Morgan fingerprint density at radius 3 is 2.78 bits per heavy atom. The quantitative estimate of drug-likeness (QED) is 0.760. The monoisotopic (exact) mass is 374 g/mol. The molecule has 0 aliphatic heterocycles. The average molecular weight is 375 g/mol. The maximum Gasteiger partial charge on any atom is 0.287 e. The number of nitrogens with one attached hydrogen (secondary N) is 1. The number of carbonyl (C=O) groups is 1. The largest absolute Gasteiger partial charge is 0.444 e. The van der Waals surface area contributed by atoms with E-state index in [0.717, 1.165) is 22.8 Å². The predicted molar refractivity (Wildman–Crippen MR) is 88.4 cm³/mol. The topological polar surface area (TPSA) is 73.0 Å². The fraction of sp³-hybridized carbons (Fsp3) is 0.188. The van der Waals surface area contributed by atoms with Crippen LogP contribution in [0.4, 0.5) is 0 Å². The fourth-order valence-corrected chi connectivity index (χ4v) is 2.76. The van der Waals surface area contributed by atoms with Crippen LogP contribution in [0.15, 0.2) is 45.9 Å². The van der Waals surface area contributed by atoms with Gasteiger partial charge < -0.3 is 9.73 Å². The number of amides is 1. The van der Waals surface area contributed by atoms with Crippen molar-refractivity contribution in [3.63, 3.8) is 0 Å². The van der Waals surface area contributed by atoms with Crippen molar-refractivity contribution in [3.8, 4) is 5.82 Å². The van der Waals surface area contributed by atoms with E-state index in [4.69, 9.17) is 4.42 Å². The highest BCUT2D eigenvalue weighted by atomic mass is 79.9. The van der Waals surface area contributed by atoms with Crippen molar-refractivity contribution in [1.82, 2.24) is 19.9 Å². The second kappa shape index (κ2) is 6.37. The van der Waals surface area contributed by atoms with Crippen molar-refractivity contribution < 1.29 is 9.21 Å². The van der Waals surface area contributed by atoms with E-state index in [1.165, 1.54) is 0 Å². The highest BCUT2D eigenvalue weighted by molar-refractivity contribution is 9.10. The van der Waals surface area contributed by atoms with Crippen molar-refractivity contribution in [2.75, 3.05) is 0 Å². The molecule has 0 radical (unpaired) electrons. The average Bonchev–Trinajstić information content (AvgIpc) is 3.10. The summed E-state index contributed by atoms with van der Waals surface area (Å²) in [7, 11) is 0. The Hall–Kier alpha value is -2.41. The van der Waals surface area contributed by atoms with Crippen LogP contribution in [0.3, 0.4) is 0 Å². The van der Waals surface area contributed by atoms with Crippen molar-refractivity contribution in [2.45, 2.75) is 20.4 Å². The fourth-order valence-electron chi connectivity index (χ4n) is 2.25. The van der Waals surface area contributed by atoms with Crippen molar-refractivity contribution in [3.05, 3.63) is 64.2 Å². The molecule has 0 atom stereocenters. The van der Waals surface area contributed by atoms with Crippen LogP contribution in [-0.2, 0) is 6.54 Å². The van der Waals surface area contributed by atoms with Gasteiger partial charge in [0.2, 0.25) is 0 Å². The van der Waals surface area contributed by atoms with Gasteiger partial charge in [0, 0.05) is 30.7 Å². The van der Waals surface area contributed by atoms with Gasteiger partial charge in [0.25, 0.3) is 5.91 Å². The van der Waals surface area contributed by atoms with Crippen molar-refractivity contribution >= 4 is 21.8 Å². The van der Waals surface area contributed by atoms with Gasteiger partial charge in [-0.2, -0.15) is 0 Å². The lowest BCUT2D eigenvalue weighted by Gasteiger charge is -2.08. The molecule has 0 saturated heterocycles. The summed E-state index contributed by atoms with van der Waals surface area (Å²) in [6, 6.07) is 5.54. The lowest BCUT2D eigenvalue weighted by molar-refractivity contribution is 0.0921. The zero-order chi connectivity index (χ0) is 16.4. The van der Waals surface area contributed by atoms with Gasteiger partial charge in [-0.25, -0.2) is 9.97 Å². The van der Waals surface area contributed by atoms with Crippen LogP contribution in [0.25, 0.3) is 5.82 Å². The Labute approximate surface area is 141 Å². The lowest BCUT2D eigenvalue weighted by Crippen LogP contribution is -2.23. The highest BCUT2D eigenvalue weighted by Crippen LogP contribution is 2.19. The van der Waals surface area contributed by atoms with Crippen LogP contribution in [0, 0.1) is 13.8 Å². The third-order valence-electron chi connectivity index (χ3n) is 3.43. The van der Waals surface area contributed by atoms with Crippen LogP contribution >= 0.6 is 15.9 Å². The maximum absolute atomic E-state index is 12.2. The van der Waals surface area contributed by atoms with Crippen LogP contribution in [0.5, 0.6) is 0 Å². The van der Waals surface area contributed by atoms with Crippen LogP contribution in [0.1, 0.15) is 27.5 Å². The van der Waals surface area contributed by atoms with Gasteiger partial charge in [0.05, 0.1) is 0 Å². The first-order valence-electron chi connectivity index (χ1n) is 7.04. The Morgan fingerprint density at radius 1 is 1.30 bits per heavy atom. The third kappa shape index (κ3) is 3.34. The summed E-state index contributed by atoms with van der Waals surface area (Å²) in [5.74, 6) is 1.69. The molecule has 1 N–H and O–H groups in total. The van der Waals surface area contributed by atoms with Crippen LogP contribution in [-0.4, -0.2) is 20.4 Å². The van der Waals surface area contributed by atoms with Crippen LogP contribution < -0.4 is 5.32 Å². The number of pyridine rings is 1. The number of hydrogen-bond donors (Lipinski definition) is 1. The molecule has 0 bridgehead atoms. The highest BCUT2D eigenvalue weighted by Gasteiger charge is 2.14. The molecule has 6 nitrogen and oxygen atoms in total. The molecule has 0 unspecified atom stereocenters. The van der Waals surface area contributed by atoms with Gasteiger partial charge in [-0.3, -0.25) is 9.36 Å². The number of halogens is 1. The van der Waals surface area contributed by atoms with Crippen molar-refractivity contribution in [2.24, 2.45) is 0 Å². The van der Waals surface area contributed by atoms with E-state index in [0.29, 0.717) is 17.0 Å². The Balaban J connectivity index is 1.73. The summed E-state index contributed by atoms with van der Waals surface area (Å²) in [4.78, 5) is 20.7. The second-order valence-corrected chi connectivity index (χ2v) is 5.89. The number of aryl methyl sites for hydroxylation is 2. The molecule has 0 fully saturated rings. The minimum Gasteiger partial charge on any atom is -0.444 e. The minimum absolute atomic E-state index is 0.245. The molecular weight excluding hydrogens is 360 g/mol. The van der Waals surface area contributed by atoms with E-state index >= 15 is 0 Å². The Morgan fingerprint density at radius 2 is 2.13 bits per heavy atom. The van der Waals surface area contributed by atoms with E-state index in [1.807, 2.05) is 36.7 Å². The van der Waals surface area contributed by atoms with Gasteiger partial charge in [-0.05, 0) is 53.5 Å². The summed E-state index contributed by atoms with van der Waals surface area (Å²) >= 11 is 3.22. The molecule has 3 heterocycles. The molecule has 0 aromatic carbocycles. The summed E-state index contributed by atoms with van der Waals surface area (Å²) in [6.45, 7) is 4.13. The molecule has 0 aliphatic carbocycles. The van der Waals surface area contributed by atoms with E-state index < -0.39 is 0 Å². The van der Waals surface area contributed by atoms with Gasteiger partial charge in [-0.1, -0.05) is 0 Å². The summed E-state index contributed by atoms with van der Waals surface area (Å²) in [5.41, 5.74) is 1.73. The molecule has 118 valence electrons. The molecule has 3 rings (SSSR count). The standard InChI is InChI=1S/C16H15BrN4O2/c1-10-7-13(17)23-15(10)16(22)20-9-12-3-4-19-14(8-12)21-6-5-18-11(21)2/h3-8H,9H2,1-2H3,(H,20,22). The molecule has 1 amide bonds. The molecular formula is C16H15BrN4O2. The number of aromatic nitrogens is 3. The molecule has 3 aromatic rings. The molecule has 23 heavy (non-hydrogen) atoms. The lowest BCUT2D eigenvalue weighted by atomic mass is 10.2. The maximum atomic E-state index is 12.2.